The average Bonchev–Trinajstić information content (AvgIpc) is 3.13. The molecule has 1 aliphatic carbocycles. The van der Waals surface area contributed by atoms with Gasteiger partial charge in [-0.2, -0.15) is 0 Å². The molecular weight excluding hydrogens is 280 g/mol. The number of aromatic nitrogens is 1. The van der Waals surface area contributed by atoms with Gasteiger partial charge in [0.05, 0.1) is 5.69 Å². The van der Waals surface area contributed by atoms with Crippen LogP contribution in [-0.4, -0.2) is 17.6 Å². The van der Waals surface area contributed by atoms with Gasteiger partial charge in [-0.15, -0.1) is 11.3 Å². The second kappa shape index (κ2) is 5.64. The van der Waals surface area contributed by atoms with Crippen molar-refractivity contribution in [1.29, 1.82) is 0 Å². The maximum Gasteiger partial charge on any atom is 0.125 e. The topological polar surface area (TPSA) is 34.1 Å². The Hall–Kier alpha value is -0.450. The van der Waals surface area contributed by atoms with E-state index in [2.05, 4.69) is 33.0 Å². The summed E-state index contributed by atoms with van der Waals surface area (Å²) in [6.45, 7) is 10.8. The highest BCUT2D eigenvalue weighted by atomic mass is 32.1. The van der Waals surface area contributed by atoms with Crippen LogP contribution in [0.4, 0.5) is 0 Å². The smallest absolute Gasteiger partial charge is 0.125 e. The van der Waals surface area contributed by atoms with Gasteiger partial charge in [0.1, 0.15) is 10.6 Å². The maximum absolute atomic E-state index is 6.10. The van der Waals surface area contributed by atoms with Crippen molar-refractivity contribution in [2.75, 3.05) is 6.61 Å². The summed E-state index contributed by atoms with van der Waals surface area (Å²) in [5, 5.41) is 4.82. The molecular formula is C17H28N2OS. The zero-order valence-electron chi connectivity index (χ0n) is 13.8. The summed E-state index contributed by atoms with van der Waals surface area (Å²) in [6.07, 6.45) is 6.19. The molecule has 0 bridgehead atoms. The van der Waals surface area contributed by atoms with E-state index in [1.807, 2.05) is 11.3 Å². The van der Waals surface area contributed by atoms with E-state index in [-0.39, 0.29) is 11.0 Å². The summed E-state index contributed by atoms with van der Waals surface area (Å²) in [5.74, 6) is 0. The minimum Gasteiger partial charge on any atom is -0.368 e. The molecule has 1 aromatic heterocycles. The Labute approximate surface area is 132 Å². The van der Waals surface area contributed by atoms with E-state index < -0.39 is 0 Å². The lowest BCUT2D eigenvalue weighted by Crippen LogP contribution is -2.30. The van der Waals surface area contributed by atoms with E-state index in [1.54, 1.807) is 0 Å². The predicted octanol–water partition coefficient (Wildman–Crippen LogP) is 4.11. The van der Waals surface area contributed by atoms with Gasteiger partial charge in [0.15, 0.2) is 0 Å². The molecule has 1 N–H and O–H groups in total. The number of hydrogen-bond donors (Lipinski definition) is 1. The van der Waals surface area contributed by atoms with Crippen molar-refractivity contribution in [2.24, 2.45) is 0 Å². The van der Waals surface area contributed by atoms with Crippen molar-refractivity contribution >= 4 is 11.3 Å². The van der Waals surface area contributed by atoms with Crippen LogP contribution in [-0.2, 0) is 22.3 Å². The molecule has 0 radical (unpaired) electrons. The second-order valence-corrected chi connectivity index (χ2v) is 8.82. The van der Waals surface area contributed by atoms with E-state index in [0.29, 0.717) is 0 Å². The molecule has 1 saturated carbocycles. The van der Waals surface area contributed by atoms with Gasteiger partial charge in [0, 0.05) is 29.5 Å². The summed E-state index contributed by atoms with van der Waals surface area (Å²) in [6, 6.07) is 0.741. The van der Waals surface area contributed by atoms with Crippen LogP contribution in [0.5, 0.6) is 0 Å². The highest BCUT2D eigenvalue weighted by Gasteiger charge is 2.36. The number of thiazole rings is 1. The third-order valence-electron chi connectivity index (χ3n) is 4.46. The Balaban J connectivity index is 1.86. The van der Waals surface area contributed by atoms with Crippen LogP contribution in [0.2, 0.25) is 0 Å². The number of nitrogens with one attached hydrogen (secondary N) is 1. The fraction of sp³-hybridized carbons (Fsp3) is 0.824. The predicted molar refractivity (Wildman–Crippen MR) is 87.8 cm³/mol. The zero-order valence-corrected chi connectivity index (χ0v) is 14.6. The van der Waals surface area contributed by atoms with Crippen molar-refractivity contribution in [3.8, 4) is 0 Å². The first kappa shape index (κ1) is 15.4. The average molecular weight is 308 g/mol. The Morgan fingerprint density at radius 3 is 2.67 bits per heavy atom. The molecule has 3 rings (SSSR count). The molecule has 1 saturated heterocycles. The molecule has 118 valence electrons. The van der Waals surface area contributed by atoms with Gasteiger partial charge in [-0.25, -0.2) is 4.98 Å². The van der Waals surface area contributed by atoms with E-state index in [9.17, 15) is 0 Å². The van der Waals surface area contributed by atoms with Gasteiger partial charge >= 0.3 is 0 Å². The fourth-order valence-electron chi connectivity index (χ4n) is 2.91. The van der Waals surface area contributed by atoms with Gasteiger partial charge in [-0.05, 0) is 39.0 Å². The third-order valence-corrected chi connectivity index (χ3v) is 5.76. The number of hydrogen-bond acceptors (Lipinski definition) is 4. The van der Waals surface area contributed by atoms with Crippen molar-refractivity contribution in [3.63, 3.8) is 0 Å². The molecule has 0 amide bonds. The molecule has 21 heavy (non-hydrogen) atoms. The van der Waals surface area contributed by atoms with Crippen LogP contribution >= 0.6 is 11.3 Å². The molecule has 2 aliphatic rings. The number of nitrogens with zero attached hydrogens (tertiary/aromatic N) is 1. The fourth-order valence-corrected chi connectivity index (χ4v) is 4.26. The SMILES string of the molecule is CC(C)(C)c1nc(C2(C)CCCCO2)sc1CNC1CC1. The van der Waals surface area contributed by atoms with E-state index in [0.717, 1.165) is 25.6 Å². The lowest BCUT2D eigenvalue weighted by molar-refractivity contribution is -0.0703. The molecule has 4 heteroatoms. The monoisotopic (exact) mass is 308 g/mol. The molecule has 1 atom stereocenters. The minimum absolute atomic E-state index is 0.0976. The Morgan fingerprint density at radius 2 is 2.10 bits per heavy atom. The highest BCUT2D eigenvalue weighted by Crippen LogP contribution is 2.40. The number of rotatable bonds is 4. The lowest BCUT2D eigenvalue weighted by Gasteiger charge is -2.32. The molecule has 0 aromatic carbocycles. The second-order valence-electron chi connectivity index (χ2n) is 7.73. The zero-order chi connectivity index (χ0) is 15.1. The van der Waals surface area contributed by atoms with Gasteiger partial charge in [0.25, 0.3) is 0 Å². The van der Waals surface area contributed by atoms with Gasteiger partial charge in [-0.1, -0.05) is 20.8 Å². The van der Waals surface area contributed by atoms with Crippen LogP contribution in [0.3, 0.4) is 0 Å². The summed E-state index contributed by atoms with van der Waals surface area (Å²) in [5.41, 5.74) is 1.19. The summed E-state index contributed by atoms with van der Waals surface area (Å²) in [4.78, 5) is 6.43. The lowest BCUT2D eigenvalue weighted by atomic mass is 9.91. The molecule has 1 unspecified atom stereocenters. The van der Waals surface area contributed by atoms with E-state index in [4.69, 9.17) is 9.72 Å². The maximum atomic E-state index is 6.10. The van der Waals surface area contributed by atoms with Gasteiger partial charge in [0.2, 0.25) is 0 Å². The Kier molecular flexibility index (Phi) is 4.15. The minimum atomic E-state index is -0.166. The first-order valence-corrected chi connectivity index (χ1v) is 9.08. The molecule has 2 fully saturated rings. The molecule has 0 spiro atoms. The van der Waals surface area contributed by atoms with Crippen molar-refractivity contribution in [3.05, 3.63) is 15.6 Å². The van der Waals surface area contributed by atoms with E-state index in [1.165, 1.54) is 41.3 Å². The largest absolute Gasteiger partial charge is 0.368 e. The first-order chi connectivity index (χ1) is 9.88. The standard InChI is InChI=1S/C17H28N2OS/c1-16(2,3)14-13(11-18-12-7-8-12)21-15(19-14)17(4)9-5-6-10-20-17/h12,18H,5-11H2,1-4H3. The number of ether oxygens (including phenoxy) is 1. The van der Waals surface area contributed by atoms with Gasteiger partial charge in [-0.3, -0.25) is 0 Å². The van der Waals surface area contributed by atoms with Crippen molar-refractivity contribution in [1.82, 2.24) is 10.3 Å². The normalized spacial score (nSPS) is 27.0. The Bertz CT molecular complexity index is 493. The highest BCUT2D eigenvalue weighted by molar-refractivity contribution is 7.11. The van der Waals surface area contributed by atoms with E-state index >= 15 is 0 Å². The van der Waals surface area contributed by atoms with Crippen LogP contribution in [0.25, 0.3) is 0 Å². The third kappa shape index (κ3) is 3.49. The molecule has 1 aliphatic heterocycles. The van der Waals surface area contributed by atoms with Crippen molar-refractivity contribution < 1.29 is 4.74 Å². The van der Waals surface area contributed by atoms with Crippen LogP contribution in [0.15, 0.2) is 0 Å². The summed E-state index contributed by atoms with van der Waals surface area (Å²) < 4.78 is 6.10. The van der Waals surface area contributed by atoms with Crippen LogP contribution < -0.4 is 5.32 Å². The van der Waals surface area contributed by atoms with Crippen LogP contribution in [0, 0.1) is 0 Å². The van der Waals surface area contributed by atoms with Gasteiger partial charge < -0.3 is 10.1 Å². The quantitative estimate of drug-likeness (QED) is 0.909. The first-order valence-electron chi connectivity index (χ1n) is 8.26. The Morgan fingerprint density at radius 1 is 1.33 bits per heavy atom. The summed E-state index contributed by atoms with van der Waals surface area (Å²) >= 11 is 1.86. The molecule has 1 aromatic rings. The van der Waals surface area contributed by atoms with Crippen molar-refractivity contribution in [2.45, 2.75) is 83.4 Å². The molecule has 3 nitrogen and oxygen atoms in total. The van der Waals surface area contributed by atoms with Crippen LogP contribution in [0.1, 0.15) is 75.4 Å². The molecule has 2 heterocycles. The summed E-state index contributed by atoms with van der Waals surface area (Å²) in [7, 11) is 0.